The van der Waals surface area contributed by atoms with E-state index in [4.69, 9.17) is 4.74 Å². The van der Waals surface area contributed by atoms with Gasteiger partial charge >= 0.3 is 0 Å². The van der Waals surface area contributed by atoms with Crippen LogP contribution in [-0.4, -0.2) is 19.0 Å². The van der Waals surface area contributed by atoms with Gasteiger partial charge in [0.1, 0.15) is 0 Å². The predicted molar refractivity (Wildman–Crippen MR) is 61.5 cm³/mol. The van der Waals surface area contributed by atoms with E-state index in [1.165, 1.54) is 5.56 Å². The minimum absolute atomic E-state index is 0.212. The lowest BCUT2D eigenvalue weighted by Gasteiger charge is -2.12. The van der Waals surface area contributed by atoms with Gasteiger partial charge in [0.25, 0.3) is 0 Å². The standard InChI is InChI=1S/C14H16O2/c15-14-12(7-10-5-6-16-9-10)8-11-3-1-2-4-13(11)14/h1-4,10,12H,5-9H2. The predicted octanol–water partition coefficient (Wildman–Crippen LogP) is 2.47. The molecule has 2 atom stereocenters. The number of ketones is 1. The van der Waals surface area contributed by atoms with Crippen molar-refractivity contribution in [2.45, 2.75) is 19.3 Å². The zero-order valence-electron chi connectivity index (χ0n) is 9.32. The molecule has 1 aliphatic carbocycles. The molecular formula is C14H16O2. The van der Waals surface area contributed by atoms with Gasteiger partial charge in [-0.3, -0.25) is 4.79 Å². The first kappa shape index (κ1) is 10.0. The molecular weight excluding hydrogens is 200 g/mol. The molecule has 1 aromatic rings. The Morgan fingerprint density at radius 1 is 1.31 bits per heavy atom. The van der Waals surface area contributed by atoms with Crippen LogP contribution < -0.4 is 0 Å². The number of hydrogen-bond acceptors (Lipinski definition) is 2. The Kier molecular flexibility index (Phi) is 2.52. The maximum absolute atomic E-state index is 12.1. The molecule has 1 fully saturated rings. The van der Waals surface area contributed by atoms with Gasteiger partial charge in [-0.1, -0.05) is 24.3 Å². The van der Waals surface area contributed by atoms with Crippen LogP contribution in [0.2, 0.25) is 0 Å². The molecule has 84 valence electrons. The lowest BCUT2D eigenvalue weighted by Crippen LogP contribution is -2.14. The van der Waals surface area contributed by atoms with Crippen LogP contribution in [0.3, 0.4) is 0 Å². The third kappa shape index (κ3) is 1.67. The molecule has 2 heteroatoms. The van der Waals surface area contributed by atoms with E-state index in [1.54, 1.807) is 0 Å². The molecule has 1 aliphatic heterocycles. The maximum Gasteiger partial charge on any atom is 0.166 e. The second-order valence-corrected chi connectivity index (χ2v) is 4.89. The quantitative estimate of drug-likeness (QED) is 0.759. The van der Waals surface area contributed by atoms with E-state index >= 15 is 0 Å². The van der Waals surface area contributed by atoms with Gasteiger partial charge in [-0.15, -0.1) is 0 Å². The monoisotopic (exact) mass is 216 g/mol. The molecule has 2 unspecified atom stereocenters. The minimum atomic E-state index is 0.212. The first-order chi connectivity index (χ1) is 7.84. The summed E-state index contributed by atoms with van der Waals surface area (Å²) >= 11 is 0. The van der Waals surface area contributed by atoms with Gasteiger partial charge in [-0.2, -0.15) is 0 Å². The Balaban J connectivity index is 1.74. The van der Waals surface area contributed by atoms with Crippen LogP contribution >= 0.6 is 0 Å². The second kappa shape index (κ2) is 4.02. The van der Waals surface area contributed by atoms with E-state index in [9.17, 15) is 4.79 Å². The number of rotatable bonds is 2. The SMILES string of the molecule is O=C1c2ccccc2CC1CC1CCOC1. The van der Waals surface area contributed by atoms with Crippen LogP contribution in [0.25, 0.3) is 0 Å². The molecule has 0 spiro atoms. The zero-order chi connectivity index (χ0) is 11.0. The van der Waals surface area contributed by atoms with Gasteiger partial charge in [0.15, 0.2) is 5.78 Å². The van der Waals surface area contributed by atoms with Crippen molar-refractivity contribution in [3.8, 4) is 0 Å². The number of Topliss-reactive ketones (excluding diaryl/α,β-unsaturated/α-hetero) is 1. The van der Waals surface area contributed by atoms with E-state index in [0.29, 0.717) is 11.7 Å². The van der Waals surface area contributed by atoms with E-state index in [2.05, 4.69) is 6.07 Å². The maximum atomic E-state index is 12.1. The van der Waals surface area contributed by atoms with Crippen LogP contribution in [0.4, 0.5) is 0 Å². The average Bonchev–Trinajstić information content (AvgIpc) is 2.90. The molecule has 0 radical (unpaired) electrons. The van der Waals surface area contributed by atoms with Gasteiger partial charge in [-0.25, -0.2) is 0 Å². The molecule has 0 N–H and O–H groups in total. The topological polar surface area (TPSA) is 26.3 Å². The summed E-state index contributed by atoms with van der Waals surface area (Å²) < 4.78 is 5.37. The summed E-state index contributed by atoms with van der Waals surface area (Å²) in [5.74, 6) is 1.16. The summed E-state index contributed by atoms with van der Waals surface area (Å²) in [6, 6.07) is 8.02. The van der Waals surface area contributed by atoms with E-state index in [0.717, 1.165) is 38.0 Å². The number of carbonyl (C=O) groups excluding carboxylic acids is 1. The summed E-state index contributed by atoms with van der Waals surface area (Å²) in [4.78, 5) is 12.1. The molecule has 0 saturated carbocycles. The van der Waals surface area contributed by atoms with E-state index < -0.39 is 0 Å². The van der Waals surface area contributed by atoms with Crippen molar-refractivity contribution in [2.75, 3.05) is 13.2 Å². The van der Waals surface area contributed by atoms with Crippen molar-refractivity contribution >= 4 is 5.78 Å². The van der Waals surface area contributed by atoms with Crippen LogP contribution in [0.5, 0.6) is 0 Å². The van der Waals surface area contributed by atoms with Crippen molar-refractivity contribution in [3.63, 3.8) is 0 Å². The first-order valence-electron chi connectivity index (χ1n) is 6.04. The second-order valence-electron chi connectivity index (χ2n) is 4.89. The summed E-state index contributed by atoms with van der Waals surface area (Å²) in [6.45, 7) is 1.72. The molecule has 0 bridgehead atoms. The molecule has 1 aromatic carbocycles. The fourth-order valence-electron chi connectivity index (χ4n) is 2.88. The molecule has 2 aliphatic rings. The van der Waals surface area contributed by atoms with Gasteiger partial charge in [0, 0.05) is 24.7 Å². The summed E-state index contributed by atoms with van der Waals surface area (Å²) in [5.41, 5.74) is 2.18. The van der Waals surface area contributed by atoms with E-state index in [1.807, 2.05) is 18.2 Å². The lowest BCUT2D eigenvalue weighted by molar-refractivity contribution is 0.0914. The smallest absolute Gasteiger partial charge is 0.166 e. The highest BCUT2D eigenvalue weighted by molar-refractivity contribution is 6.02. The van der Waals surface area contributed by atoms with Crippen LogP contribution in [0, 0.1) is 11.8 Å². The molecule has 0 aromatic heterocycles. The fourth-order valence-corrected chi connectivity index (χ4v) is 2.88. The molecule has 2 nitrogen and oxygen atoms in total. The normalized spacial score (nSPS) is 28.4. The number of fused-ring (bicyclic) bond motifs is 1. The molecule has 3 rings (SSSR count). The number of carbonyl (C=O) groups is 1. The van der Waals surface area contributed by atoms with Gasteiger partial charge in [-0.05, 0) is 30.7 Å². The Bertz CT molecular complexity index is 405. The highest BCUT2D eigenvalue weighted by Crippen LogP contribution is 2.32. The fraction of sp³-hybridized carbons (Fsp3) is 0.500. The Morgan fingerprint density at radius 2 is 2.19 bits per heavy atom. The first-order valence-corrected chi connectivity index (χ1v) is 6.04. The number of benzene rings is 1. The van der Waals surface area contributed by atoms with Crippen LogP contribution in [0.15, 0.2) is 24.3 Å². The Labute approximate surface area is 95.6 Å². The van der Waals surface area contributed by atoms with Crippen LogP contribution in [0.1, 0.15) is 28.8 Å². The highest BCUT2D eigenvalue weighted by Gasteiger charge is 2.32. The summed E-state index contributed by atoms with van der Waals surface area (Å²) in [5, 5.41) is 0. The molecule has 0 amide bonds. The third-order valence-electron chi connectivity index (χ3n) is 3.76. The molecule has 1 saturated heterocycles. The van der Waals surface area contributed by atoms with Crippen LogP contribution in [-0.2, 0) is 11.2 Å². The zero-order valence-corrected chi connectivity index (χ0v) is 9.32. The van der Waals surface area contributed by atoms with Crippen molar-refractivity contribution in [1.29, 1.82) is 0 Å². The van der Waals surface area contributed by atoms with E-state index in [-0.39, 0.29) is 5.92 Å². The third-order valence-corrected chi connectivity index (χ3v) is 3.76. The summed E-state index contributed by atoms with van der Waals surface area (Å²) in [7, 11) is 0. The largest absolute Gasteiger partial charge is 0.381 e. The number of hydrogen-bond donors (Lipinski definition) is 0. The Hall–Kier alpha value is -1.15. The minimum Gasteiger partial charge on any atom is -0.381 e. The lowest BCUT2D eigenvalue weighted by atomic mass is 9.91. The summed E-state index contributed by atoms with van der Waals surface area (Å²) in [6.07, 6.45) is 3.07. The van der Waals surface area contributed by atoms with Crippen molar-refractivity contribution in [3.05, 3.63) is 35.4 Å². The number of ether oxygens (including phenoxy) is 1. The van der Waals surface area contributed by atoms with Gasteiger partial charge < -0.3 is 4.74 Å². The Morgan fingerprint density at radius 3 is 2.94 bits per heavy atom. The highest BCUT2D eigenvalue weighted by atomic mass is 16.5. The van der Waals surface area contributed by atoms with Crippen molar-refractivity contribution in [1.82, 2.24) is 0 Å². The van der Waals surface area contributed by atoms with Crippen molar-refractivity contribution in [2.24, 2.45) is 11.8 Å². The van der Waals surface area contributed by atoms with Gasteiger partial charge in [0.05, 0.1) is 0 Å². The van der Waals surface area contributed by atoms with Gasteiger partial charge in [0.2, 0.25) is 0 Å². The van der Waals surface area contributed by atoms with Crippen molar-refractivity contribution < 1.29 is 9.53 Å². The molecule has 16 heavy (non-hydrogen) atoms. The molecule has 1 heterocycles. The average molecular weight is 216 g/mol.